The number of aryl methyl sites for hydroxylation is 1. The zero-order chi connectivity index (χ0) is 13.9. The normalized spacial score (nSPS) is 10.4. The molecule has 0 unspecified atom stereocenters. The highest BCUT2D eigenvalue weighted by molar-refractivity contribution is 6.05. The molecule has 0 bridgehead atoms. The molecule has 3 rings (SSSR count). The van der Waals surface area contributed by atoms with Crippen LogP contribution in [0, 0.1) is 6.92 Å². The number of aromatic amines is 1. The molecule has 1 aromatic carbocycles. The number of anilines is 2. The number of hydrogen-bond donors (Lipinski definition) is 3. The summed E-state index contributed by atoms with van der Waals surface area (Å²) in [5, 5.41) is 6.49. The van der Waals surface area contributed by atoms with Crippen molar-refractivity contribution in [2.75, 3.05) is 10.6 Å². The van der Waals surface area contributed by atoms with Gasteiger partial charge in [-0.1, -0.05) is 24.3 Å². The highest BCUT2D eigenvalue weighted by atomic mass is 16.2. The smallest absolute Gasteiger partial charge is 0.324 e. The zero-order valence-corrected chi connectivity index (χ0v) is 11.0. The maximum Gasteiger partial charge on any atom is 0.324 e. The summed E-state index contributed by atoms with van der Waals surface area (Å²) < 4.78 is 0. The first-order valence-corrected chi connectivity index (χ1v) is 6.30. The van der Waals surface area contributed by atoms with E-state index in [4.69, 9.17) is 0 Å². The molecule has 2 aromatic heterocycles. The van der Waals surface area contributed by atoms with E-state index in [2.05, 4.69) is 20.6 Å². The second-order valence-electron chi connectivity index (χ2n) is 4.49. The number of para-hydroxylation sites is 1. The van der Waals surface area contributed by atoms with Crippen molar-refractivity contribution >= 4 is 28.4 Å². The lowest BCUT2D eigenvalue weighted by Crippen LogP contribution is -2.20. The van der Waals surface area contributed by atoms with Crippen molar-refractivity contribution in [3.05, 3.63) is 54.4 Å². The minimum absolute atomic E-state index is 0.312. The van der Waals surface area contributed by atoms with Crippen molar-refractivity contribution in [1.82, 2.24) is 9.97 Å². The number of carbonyl (C=O) groups excluding carboxylic acids is 1. The van der Waals surface area contributed by atoms with Crippen molar-refractivity contribution < 1.29 is 4.79 Å². The number of hydrogen-bond acceptors (Lipinski definition) is 2. The van der Waals surface area contributed by atoms with E-state index in [9.17, 15) is 4.79 Å². The number of amides is 2. The summed E-state index contributed by atoms with van der Waals surface area (Å²) in [6, 6.07) is 13.0. The first-order chi connectivity index (χ1) is 9.72. The van der Waals surface area contributed by atoms with Gasteiger partial charge in [-0.2, -0.15) is 0 Å². The van der Waals surface area contributed by atoms with Crippen LogP contribution in [0.3, 0.4) is 0 Å². The molecule has 5 heteroatoms. The van der Waals surface area contributed by atoms with Crippen LogP contribution in [0.4, 0.5) is 16.3 Å². The van der Waals surface area contributed by atoms with Crippen molar-refractivity contribution in [2.45, 2.75) is 6.92 Å². The molecule has 100 valence electrons. The number of pyridine rings is 1. The summed E-state index contributed by atoms with van der Waals surface area (Å²) in [4.78, 5) is 19.3. The fourth-order valence-corrected chi connectivity index (χ4v) is 2.06. The molecule has 3 aromatic rings. The zero-order valence-electron chi connectivity index (χ0n) is 11.0. The van der Waals surface area contributed by atoms with Crippen LogP contribution in [-0.4, -0.2) is 16.0 Å². The number of nitrogens with one attached hydrogen (secondary N) is 3. The van der Waals surface area contributed by atoms with Gasteiger partial charge in [0.05, 0.1) is 5.69 Å². The van der Waals surface area contributed by atoms with Gasteiger partial charge in [-0.05, 0) is 25.1 Å². The molecule has 0 aliphatic carbocycles. The van der Waals surface area contributed by atoms with Crippen LogP contribution in [0.15, 0.2) is 48.7 Å². The number of benzene rings is 1. The van der Waals surface area contributed by atoms with Crippen LogP contribution >= 0.6 is 0 Å². The standard InChI is InChI=1S/C15H14N4O/c1-10-5-4-8-14(17-10)19-15(20)18-13-9-16-12-7-3-2-6-11(12)13/h2-9,16H,1H3,(H2,17,18,19,20). The van der Waals surface area contributed by atoms with Crippen molar-refractivity contribution in [3.8, 4) is 0 Å². The Balaban J connectivity index is 1.76. The molecule has 0 saturated carbocycles. The van der Waals surface area contributed by atoms with Gasteiger partial charge < -0.3 is 10.3 Å². The largest absolute Gasteiger partial charge is 0.359 e. The van der Waals surface area contributed by atoms with E-state index in [0.717, 1.165) is 22.3 Å². The predicted octanol–water partition coefficient (Wildman–Crippen LogP) is 3.52. The van der Waals surface area contributed by atoms with Crippen LogP contribution in [0.2, 0.25) is 0 Å². The van der Waals surface area contributed by atoms with Crippen LogP contribution < -0.4 is 10.6 Å². The Kier molecular flexibility index (Phi) is 3.09. The van der Waals surface area contributed by atoms with Crippen molar-refractivity contribution in [1.29, 1.82) is 0 Å². The third-order valence-corrected chi connectivity index (χ3v) is 2.97. The molecule has 0 fully saturated rings. The first kappa shape index (κ1) is 12.2. The van der Waals surface area contributed by atoms with E-state index in [1.54, 1.807) is 12.3 Å². The molecule has 5 nitrogen and oxygen atoms in total. The quantitative estimate of drug-likeness (QED) is 0.664. The Morgan fingerprint density at radius 2 is 1.95 bits per heavy atom. The number of rotatable bonds is 2. The SMILES string of the molecule is Cc1cccc(NC(=O)Nc2c[nH]c3ccccc23)n1. The number of nitrogens with zero attached hydrogens (tertiary/aromatic N) is 1. The molecule has 20 heavy (non-hydrogen) atoms. The van der Waals surface area contributed by atoms with E-state index >= 15 is 0 Å². The van der Waals surface area contributed by atoms with Crippen molar-refractivity contribution in [2.24, 2.45) is 0 Å². The Morgan fingerprint density at radius 3 is 2.80 bits per heavy atom. The van der Waals surface area contributed by atoms with Gasteiger partial charge in [0.1, 0.15) is 5.82 Å². The fraction of sp³-hybridized carbons (Fsp3) is 0.0667. The molecule has 3 N–H and O–H groups in total. The predicted molar refractivity (Wildman–Crippen MR) is 79.9 cm³/mol. The highest BCUT2D eigenvalue weighted by Crippen LogP contribution is 2.22. The maximum atomic E-state index is 12.0. The Bertz CT molecular complexity index is 763. The molecular weight excluding hydrogens is 252 g/mol. The molecule has 0 radical (unpaired) electrons. The molecule has 0 atom stereocenters. The van der Waals surface area contributed by atoms with Gasteiger partial charge in [-0.3, -0.25) is 5.32 Å². The second-order valence-corrected chi connectivity index (χ2v) is 4.49. The minimum Gasteiger partial charge on any atom is -0.359 e. The van der Waals surface area contributed by atoms with Gasteiger partial charge in [0.2, 0.25) is 0 Å². The third-order valence-electron chi connectivity index (χ3n) is 2.97. The fourth-order valence-electron chi connectivity index (χ4n) is 2.06. The second kappa shape index (κ2) is 5.05. The lowest BCUT2D eigenvalue weighted by atomic mass is 10.2. The molecule has 2 amide bonds. The topological polar surface area (TPSA) is 69.8 Å². The number of carbonyl (C=O) groups is 1. The van der Waals surface area contributed by atoms with Crippen LogP contribution in [0.1, 0.15) is 5.69 Å². The van der Waals surface area contributed by atoms with Crippen LogP contribution in [0.25, 0.3) is 10.9 Å². The van der Waals surface area contributed by atoms with Gasteiger partial charge in [0.15, 0.2) is 0 Å². The molecule has 0 saturated heterocycles. The first-order valence-electron chi connectivity index (χ1n) is 6.30. The van der Waals surface area contributed by atoms with Gasteiger partial charge in [0, 0.05) is 22.8 Å². The lowest BCUT2D eigenvalue weighted by molar-refractivity contribution is 0.262. The summed E-state index contributed by atoms with van der Waals surface area (Å²) in [5.41, 5.74) is 2.58. The average Bonchev–Trinajstić information content (AvgIpc) is 2.82. The number of H-pyrrole nitrogens is 1. The van der Waals surface area contributed by atoms with Gasteiger partial charge in [0.25, 0.3) is 0 Å². The van der Waals surface area contributed by atoms with E-state index in [1.165, 1.54) is 0 Å². The van der Waals surface area contributed by atoms with Crippen molar-refractivity contribution in [3.63, 3.8) is 0 Å². The Labute approximate surface area is 116 Å². The van der Waals surface area contributed by atoms with E-state index < -0.39 is 0 Å². The van der Waals surface area contributed by atoms with Crippen LogP contribution in [-0.2, 0) is 0 Å². The lowest BCUT2D eigenvalue weighted by Gasteiger charge is -2.06. The van der Waals surface area contributed by atoms with E-state index in [1.807, 2.05) is 43.3 Å². The molecule has 0 aliphatic heterocycles. The average molecular weight is 266 g/mol. The highest BCUT2D eigenvalue weighted by Gasteiger charge is 2.07. The Hall–Kier alpha value is -2.82. The van der Waals surface area contributed by atoms with Gasteiger partial charge in [-0.25, -0.2) is 9.78 Å². The number of aromatic nitrogens is 2. The summed E-state index contributed by atoms with van der Waals surface area (Å²) in [6.45, 7) is 1.88. The molecule has 2 heterocycles. The molecule has 0 spiro atoms. The monoisotopic (exact) mass is 266 g/mol. The summed E-state index contributed by atoms with van der Waals surface area (Å²) in [7, 11) is 0. The van der Waals surface area contributed by atoms with Gasteiger partial charge >= 0.3 is 6.03 Å². The minimum atomic E-state index is -0.312. The number of urea groups is 1. The third kappa shape index (κ3) is 2.47. The summed E-state index contributed by atoms with van der Waals surface area (Å²) >= 11 is 0. The molecule has 0 aliphatic rings. The van der Waals surface area contributed by atoms with Crippen LogP contribution in [0.5, 0.6) is 0 Å². The van der Waals surface area contributed by atoms with E-state index in [-0.39, 0.29) is 6.03 Å². The number of fused-ring (bicyclic) bond motifs is 1. The van der Waals surface area contributed by atoms with E-state index in [0.29, 0.717) is 5.82 Å². The summed E-state index contributed by atoms with van der Waals surface area (Å²) in [6.07, 6.45) is 1.77. The molecular formula is C15H14N4O. The maximum absolute atomic E-state index is 12.0. The Morgan fingerprint density at radius 1 is 1.10 bits per heavy atom. The van der Waals surface area contributed by atoms with Gasteiger partial charge in [-0.15, -0.1) is 0 Å². The summed E-state index contributed by atoms with van der Waals surface area (Å²) in [5.74, 6) is 0.530.